The smallest absolute Gasteiger partial charge is 0.416 e. The van der Waals surface area contributed by atoms with E-state index in [1.165, 1.54) is 36.2 Å². The van der Waals surface area contributed by atoms with Crippen LogP contribution < -0.4 is 10.8 Å². The van der Waals surface area contributed by atoms with Crippen LogP contribution in [0.25, 0.3) is 11.3 Å². The highest BCUT2D eigenvalue weighted by atomic mass is 19.4. The van der Waals surface area contributed by atoms with Gasteiger partial charge in [0, 0.05) is 5.56 Å². The quantitative estimate of drug-likeness (QED) is 0.481. The topological polar surface area (TPSA) is 113 Å². The lowest BCUT2D eigenvalue weighted by Gasteiger charge is -2.06. The molecule has 0 aliphatic rings. The Balaban J connectivity index is 1.73. The third kappa shape index (κ3) is 3.78. The Kier molecular flexibility index (Phi) is 4.54. The molecular weight excluding hydrogens is 355 g/mol. The van der Waals surface area contributed by atoms with Gasteiger partial charge >= 0.3 is 12.1 Å². The summed E-state index contributed by atoms with van der Waals surface area (Å²) in [6.45, 7) is 0. The first-order chi connectivity index (χ1) is 12.4. The normalized spacial score (nSPS) is 11.2. The van der Waals surface area contributed by atoms with E-state index in [9.17, 15) is 18.0 Å². The van der Waals surface area contributed by atoms with Crippen LogP contribution in [0.3, 0.4) is 0 Å². The van der Waals surface area contributed by atoms with Gasteiger partial charge in [-0.3, -0.25) is 10.0 Å². The lowest BCUT2D eigenvalue weighted by Crippen LogP contribution is -2.21. The molecule has 0 atom stereocenters. The molecule has 0 fully saturated rings. The number of amides is 1. The number of rotatable bonds is 4. The fourth-order valence-corrected chi connectivity index (χ4v) is 1.97. The fourth-order valence-electron chi connectivity index (χ4n) is 1.97. The zero-order chi connectivity index (χ0) is 18.7. The molecule has 134 valence electrons. The van der Waals surface area contributed by atoms with Gasteiger partial charge in [-0.1, -0.05) is 12.1 Å². The number of benzene rings is 1. The second kappa shape index (κ2) is 6.80. The maximum absolute atomic E-state index is 12.6. The Labute approximate surface area is 143 Å². The monoisotopic (exact) mass is 365 g/mol. The number of aromatic nitrogens is 3. The summed E-state index contributed by atoms with van der Waals surface area (Å²) in [5.74, 6) is -0.841. The van der Waals surface area contributed by atoms with E-state index >= 15 is 0 Å². The number of hydroxylamine groups is 1. The molecule has 0 radical (unpaired) electrons. The maximum atomic E-state index is 12.6. The van der Waals surface area contributed by atoms with Gasteiger partial charge in [-0.2, -0.15) is 13.2 Å². The van der Waals surface area contributed by atoms with Crippen molar-refractivity contribution in [2.75, 3.05) is 5.32 Å². The third-order valence-corrected chi connectivity index (χ3v) is 3.21. The van der Waals surface area contributed by atoms with Crippen LogP contribution in [-0.2, 0) is 6.18 Å². The van der Waals surface area contributed by atoms with Crippen molar-refractivity contribution in [1.82, 2.24) is 20.4 Å². The van der Waals surface area contributed by atoms with Gasteiger partial charge < -0.3 is 9.73 Å². The molecule has 3 aromatic rings. The summed E-state index contributed by atoms with van der Waals surface area (Å²) in [5.41, 5.74) is 1.41. The first kappa shape index (κ1) is 17.4. The van der Waals surface area contributed by atoms with Crippen molar-refractivity contribution < 1.29 is 27.6 Å². The zero-order valence-corrected chi connectivity index (χ0v) is 12.8. The van der Waals surface area contributed by atoms with Crippen molar-refractivity contribution in [3.8, 4) is 11.3 Å². The molecule has 0 aliphatic heterocycles. The molecule has 8 nitrogen and oxygen atoms in total. The van der Waals surface area contributed by atoms with Crippen LogP contribution in [0.2, 0.25) is 0 Å². The van der Waals surface area contributed by atoms with E-state index in [-0.39, 0.29) is 17.6 Å². The average Bonchev–Trinajstić information content (AvgIpc) is 3.09. The molecule has 3 N–H and O–H groups in total. The Morgan fingerprint density at radius 3 is 2.27 bits per heavy atom. The predicted molar refractivity (Wildman–Crippen MR) is 81.5 cm³/mol. The van der Waals surface area contributed by atoms with Gasteiger partial charge in [0.05, 0.1) is 29.8 Å². The number of carbonyl (C=O) groups is 1. The number of carbonyl (C=O) groups excluding carboxylic acids is 1. The van der Waals surface area contributed by atoms with Gasteiger partial charge in [0.2, 0.25) is 5.82 Å². The van der Waals surface area contributed by atoms with E-state index in [1.807, 2.05) is 0 Å². The molecule has 0 aliphatic carbocycles. The number of alkyl halides is 3. The Hall–Kier alpha value is -3.47. The summed E-state index contributed by atoms with van der Waals surface area (Å²) in [7, 11) is 0. The minimum absolute atomic E-state index is 0.0582. The summed E-state index contributed by atoms with van der Waals surface area (Å²) in [4.78, 5) is 22.5. The van der Waals surface area contributed by atoms with E-state index < -0.39 is 17.6 Å². The second-order valence-electron chi connectivity index (χ2n) is 4.97. The van der Waals surface area contributed by atoms with Crippen molar-refractivity contribution in [3.05, 3.63) is 54.2 Å². The minimum Gasteiger partial charge on any atom is -0.423 e. The fraction of sp³-hybridized carbons (Fsp3) is 0.0667. The van der Waals surface area contributed by atoms with Gasteiger partial charge in [0.1, 0.15) is 0 Å². The highest BCUT2D eigenvalue weighted by molar-refractivity contribution is 5.89. The number of anilines is 2. The van der Waals surface area contributed by atoms with Gasteiger partial charge in [-0.15, -0.1) is 0 Å². The molecule has 2 heterocycles. The lowest BCUT2D eigenvalue weighted by molar-refractivity contribution is -0.137. The van der Waals surface area contributed by atoms with E-state index in [0.717, 1.165) is 12.1 Å². The van der Waals surface area contributed by atoms with Crippen LogP contribution in [0.5, 0.6) is 0 Å². The molecule has 0 saturated heterocycles. The lowest BCUT2D eigenvalue weighted by atomic mass is 10.1. The Bertz CT molecular complexity index is 908. The summed E-state index contributed by atoms with van der Waals surface area (Å²) in [6.07, 6.45) is -0.537. The molecule has 0 spiro atoms. The van der Waals surface area contributed by atoms with Gasteiger partial charge in [-0.05, 0) is 12.1 Å². The minimum atomic E-state index is -4.41. The van der Waals surface area contributed by atoms with E-state index in [1.54, 1.807) is 0 Å². The highest BCUT2D eigenvalue weighted by Gasteiger charge is 2.30. The molecular formula is C15H10F3N5O3. The number of nitrogens with zero attached hydrogens (tertiary/aromatic N) is 3. The van der Waals surface area contributed by atoms with Crippen molar-refractivity contribution >= 4 is 17.6 Å². The van der Waals surface area contributed by atoms with Crippen molar-refractivity contribution in [2.45, 2.75) is 6.18 Å². The largest absolute Gasteiger partial charge is 0.423 e. The average molecular weight is 365 g/mol. The molecule has 3 rings (SSSR count). The Morgan fingerprint density at radius 1 is 1.04 bits per heavy atom. The van der Waals surface area contributed by atoms with E-state index in [0.29, 0.717) is 11.3 Å². The number of nitrogens with one attached hydrogen (secondary N) is 2. The van der Waals surface area contributed by atoms with Gasteiger partial charge in [0.15, 0.2) is 5.76 Å². The predicted octanol–water partition coefficient (Wildman–Crippen LogP) is 3.01. The standard InChI is InChI=1S/C15H10F3N5O3/c16-15(17,18)9-3-1-8(2-4-9)11-7-21-14(26-11)22-10-5-19-12(20-6-10)13(24)23-25/h1-7,25H,(H,21,22)(H,23,24). The van der Waals surface area contributed by atoms with Crippen LogP contribution >= 0.6 is 0 Å². The zero-order valence-electron chi connectivity index (χ0n) is 12.8. The van der Waals surface area contributed by atoms with Gasteiger partial charge in [0.25, 0.3) is 6.01 Å². The van der Waals surface area contributed by atoms with Crippen molar-refractivity contribution in [1.29, 1.82) is 0 Å². The molecule has 0 saturated carbocycles. The van der Waals surface area contributed by atoms with Crippen LogP contribution in [0.15, 0.2) is 47.3 Å². The maximum Gasteiger partial charge on any atom is 0.416 e. The molecule has 11 heteroatoms. The van der Waals surface area contributed by atoms with E-state index in [2.05, 4.69) is 20.3 Å². The molecule has 26 heavy (non-hydrogen) atoms. The molecule has 0 unspecified atom stereocenters. The third-order valence-electron chi connectivity index (χ3n) is 3.21. The summed E-state index contributed by atoms with van der Waals surface area (Å²) >= 11 is 0. The Morgan fingerprint density at radius 2 is 1.69 bits per heavy atom. The van der Waals surface area contributed by atoms with Crippen LogP contribution in [0.4, 0.5) is 24.9 Å². The summed E-state index contributed by atoms with van der Waals surface area (Å²) in [6, 6.07) is 4.51. The highest BCUT2D eigenvalue weighted by Crippen LogP contribution is 2.31. The summed E-state index contributed by atoms with van der Waals surface area (Å²) < 4.78 is 43.1. The van der Waals surface area contributed by atoms with Crippen LogP contribution in [-0.4, -0.2) is 26.1 Å². The summed E-state index contributed by atoms with van der Waals surface area (Å²) in [5, 5.41) is 11.2. The molecule has 0 bridgehead atoms. The molecule has 2 aromatic heterocycles. The number of halogens is 3. The van der Waals surface area contributed by atoms with Crippen molar-refractivity contribution in [2.24, 2.45) is 0 Å². The first-order valence-corrected chi connectivity index (χ1v) is 7.04. The van der Waals surface area contributed by atoms with Crippen LogP contribution in [0, 0.1) is 0 Å². The molecule has 1 aromatic carbocycles. The number of oxazole rings is 1. The number of hydrogen-bond acceptors (Lipinski definition) is 7. The number of hydrogen-bond donors (Lipinski definition) is 3. The van der Waals surface area contributed by atoms with Crippen LogP contribution in [0.1, 0.15) is 16.2 Å². The molecule has 1 amide bonds. The van der Waals surface area contributed by atoms with Crippen molar-refractivity contribution in [3.63, 3.8) is 0 Å². The van der Waals surface area contributed by atoms with E-state index in [4.69, 9.17) is 9.62 Å². The second-order valence-corrected chi connectivity index (χ2v) is 4.97. The van der Waals surface area contributed by atoms with Gasteiger partial charge in [-0.25, -0.2) is 20.4 Å². The SMILES string of the molecule is O=C(NO)c1ncc(Nc2ncc(-c3ccc(C(F)(F)F)cc3)o2)cn1. The first-order valence-electron chi connectivity index (χ1n) is 7.04.